The van der Waals surface area contributed by atoms with E-state index in [2.05, 4.69) is 19.2 Å². The summed E-state index contributed by atoms with van der Waals surface area (Å²) in [4.78, 5) is 13.8. The van der Waals surface area contributed by atoms with Gasteiger partial charge in [0.15, 0.2) is 0 Å². The lowest BCUT2D eigenvalue weighted by molar-refractivity contribution is 0.165. The van der Waals surface area contributed by atoms with Gasteiger partial charge in [0.25, 0.3) is 0 Å². The van der Waals surface area contributed by atoms with Gasteiger partial charge in [-0.3, -0.25) is 10.7 Å². The van der Waals surface area contributed by atoms with Crippen molar-refractivity contribution in [2.24, 2.45) is 11.8 Å². The van der Waals surface area contributed by atoms with Gasteiger partial charge in [-0.05, 0) is 38.0 Å². The Balaban J connectivity index is 2.20. The lowest BCUT2D eigenvalue weighted by Crippen LogP contribution is -2.49. The molecule has 2 rings (SSSR count). The molecule has 0 aromatic carbocycles. The van der Waals surface area contributed by atoms with Gasteiger partial charge in [-0.2, -0.15) is 0 Å². The summed E-state index contributed by atoms with van der Waals surface area (Å²) in [5, 5.41) is 10.9. The number of hydrogen-bond donors (Lipinski definition) is 2. The number of carbonyl (C=O) groups is 1. The van der Waals surface area contributed by atoms with E-state index >= 15 is 0 Å². The number of urea groups is 1. The number of nitrogens with one attached hydrogen (secondary N) is 2. The van der Waals surface area contributed by atoms with E-state index in [4.69, 9.17) is 5.41 Å². The average Bonchev–Trinajstić information content (AvgIpc) is 2.49. The van der Waals surface area contributed by atoms with Crippen molar-refractivity contribution in [1.82, 2.24) is 10.2 Å². The van der Waals surface area contributed by atoms with Crippen LogP contribution in [0.5, 0.6) is 0 Å². The van der Waals surface area contributed by atoms with Crippen LogP contribution in [0, 0.1) is 17.2 Å². The van der Waals surface area contributed by atoms with Gasteiger partial charge in [-0.1, -0.05) is 26.7 Å². The molecule has 1 spiro atoms. The van der Waals surface area contributed by atoms with E-state index in [1.54, 1.807) is 0 Å². The minimum atomic E-state index is -0.324. The summed E-state index contributed by atoms with van der Waals surface area (Å²) in [5.74, 6) is 1.87. The van der Waals surface area contributed by atoms with Gasteiger partial charge in [0, 0.05) is 6.54 Å². The predicted octanol–water partition coefficient (Wildman–Crippen LogP) is 2.98. The highest BCUT2D eigenvalue weighted by Gasteiger charge is 2.49. The van der Waals surface area contributed by atoms with E-state index in [0.717, 1.165) is 31.6 Å². The first-order valence-electron chi connectivity index (χ1n) is 7.19. The predicted molar refractivity (Wildman–Crippen MR) is 72.8 cm³/mol. The molecule has 1 aliphatic carbocycles. The highest BCUT2D eigenvalue weighted by Crippen LogP contribution is 2.39. The van der Waals surface area contributed by atoms with Crippen LogP contribution < -0.4 is 5.32 Å². The van der Waals surface area contributed by atoms with E-state index in [1.165, 1.54) is 6.42 Å². The molecule has 1 aliphatic heterocycles. The number of amidine groups is 1. The van der Waals surface area contributed by atoms with Gasteiger partial charge in [-0.25, -0.2) is 4.79 Å². The smallest absolute Gasteiger partial charge is 0.312 e. The molecule has 18 heavy (non-hydrogen) atoms. The van der Waals surface area contributed by atoms with E-state index in [1.807, 2.05) is 11.8 Å². The number of likely N-dealkylation sites (N-methyl/N-ethyl adjacent to an activating group) is 1. The molecule has 2 unspecified atom stereocenters. The Morgan fingerprint density at radius 3 is 2.78 bits per heavy atom. The van der Waals surface area contributed by atoms with Crippen molar-refractivity contribution in [2.75, 3.05) is 6.54 Å². The molecule has 1 heterocycles. The summed E-state index contributed by atoms with van der Waals surface area (Å²) < 4.78 is 0. The SMILES string of the molecule is CCN1C(=O)NC(=N)C12CCCC(C(C)C)CC2. The summed E-state index contributed by atoms with van der Waals surface area (Å²) in [5.41, 5.74) is -0.324. The van der Waals surface area contributed by atoms with Crippen molar-refractivity contribution >= 4 is 11.9 Å². The Morgan fingerprint density at radius 1 is 1.44 bits per heavy atom. The van der Waals surface area contributed by atoms with Crippen LogP contribution in [0.2, 0.25) is 0 Å². The zero-order valence-electron chi connectivity index (χ0n) is 11.8. The molecular formula is C14H25N3O. The first-order valence-corrected chi connectivity index (χ1v) is 7.19. The van der Waals surface area contributed by atoms with Crippen molar-refractivity contribution in [3.05, 3.63) is 0 Å². The third-order valence-corrected chi connectivity index (χ3v) is 4.81. The van der Waals surface area contributed by atoms with Crippen LogP contribution in [0.1, 0.15) is 52.9 Å². The van der Waals surface area contributed by atoms with Gasteiger partial charge in [-0.15, -0.1) is 0 Å². The molecule has 2 atom stereocenters. The molecular weight excluding hydrogens is 226 g/mol. The normalized spacial score (nSPS) is 33.1. The second kappa shape index (κ2) is 4.90. The third kappa shape index (κ3) is 2.02. The topological polar surface area (TPSA) is 56.2 Å². The van der Waals surface area contributed by atoms with Crippen molar-refractivity contribution in [3.8, 4) is 0 Å². The Kier molecular flexibility index (Phi) is 3.64. The first kappa shape index (κ1) is 13.4. The minimum Gasteiger partial charge on any atom is -0.312 e. The molecule has 4 nitrogen and oxygen atoms in total. The molecule has 1 saturated carbocycles. The summed E-state index contributed by atoms with van der Waals surface area (Å²) in [7, 11) is 0. The Morgan fingerprint density at radius 2 is 2.17 bits per heavy atom. The summed E-state index contributed by atoms with van der Waals surface area (Å²) >= 11 is 0. The van der Waals surface area contributed by atoms with Crippen LogP contribution in [0.3, 0.4) is 0 Å². The van der Waals surface area contributed by atoms with Gasteiger partial charge >= 0.3 is 6.03 Å². The minimum absolute atomic E-state index is 0.0782. The fraction of sp³-hybridized carbons (Fsp3) is 0.857. The maximum absolute atomic E-state index is 11.9. The molecule has 0 aromatic heterocycles. The van der Waals surface area contributed by atoms with E-state index in [9.17, 15) is 4.79 Å². The molecule has 2 aliphatic rings. The van der Waals surface area contributed by atoms with Crippen molar-refractivity contribution in [2.45, 2.75) is 58.4 Å². The molecule has 0 bridgehead atoms. The molecule has 102 valence electrons. The van der Waals surface area contributed by atoms with Crippen molar-refractivity contribution < 1.29 is 4.79 Å². The summed E-state index contributed by atoms with van der Waals surface area (Å²) in [6.45, 7) is 7.26. The van der Waals surface area contributed by atoms with Gasteiger partial charge < -0.3 is 4.90 Å². The van der Waals surface area contributed by atoms with E-state index < -0.39 is 0 Å². The van der Waals surface area contributed by atoms with E-state index in [0.29, 0.717) is 18.3 Å². The lowest BCUT2D eigenvalue weighted by atomic mass is 9.85. The average molecular weight is 251 g/mol. The maximum Gasteiger partial charge on any atom is 0.323 e. The molecule has 2 N–H and O–H groups in total. The van der Waals surface area contributed by atoms with Crippen molar-refractivity contribution in [1.29, 1.82) is 5.41 Å². The fourth-order valence-electron chi connectivity index (χ4n) is 3.60. The molecule has 0 aromatic rings. The van der Waals surface area contributed by atoms with Crippen LogP contribution in [-0.2, 0) is 0 Å². The highest BCUT2D eigenvalue weighted by molar-refractivity contribution is 6.08. The van der Waals surface area contributed by atoms with E-state index in [-0.39, 0.29) is 11.6 Å². The molecule has 0 radical (unpaired) electrons. The van der Waals surface area contributed by atoms with Crippen LogP contribution in [-0.4, -0.2) is 28.9 Å². The summed E-state index contributed by atoms with van der Waals surface area (Å²) in [6.07, 6.45) is 5.38. The quantitative estimate of drug-likeness (QED) is 0.779. The van der Waals surface area contributed by atoms with Crippen LogP contribution in [0.4, 0.5) is 4.79 Å². The second-order valence-corrected chi connectivity index (χ2v) is 6.02. The number of carbonyl (C=O) groups excluding carboxylic acids is 1. The van der Waals surface area contributed by atoms with Crippen LogP contribution in [0.15, 0.2) is 0 Å². The Hall–Kier alpha value is -1.06. The number of hydrogen-bond acceptors (Lipinski definition) is 2. The highest BCUT2D eigenvalue weighted by atomic mass is 16.2. The zero-order chi connectivity index (χ0) is 13.3. The maximum atomic E-state index is 11.9. The third-order valence-electron chi connectivity index (χ3n) is 4.81. The fourth-order valence-corrected chi connectivity index (χ4v) is 3.60. The molecule has 4 heteroatoms. The first-order chi connectivity index (χ1) is 8.51. The number of nitrogens with zero attached hydrogens (tertiary/aromatic N) is 1. The van der Waals surface area contributed by atoms with Crippen molar-refractivity contribution in [3.63, 3.8) is 0 Å². The zero-order valence-corrected chi connectivity index (χ0v) is 11.8. The monoisotopic (exact) mass is 251 g/mol. The molecule has 1 saturated heterocycles. The largest absolute Gasteiger partial charge is 0.323 e. The second-order valence-electron chi connectivity index (χ2n) is 6.02. The lowest BCUT2D eigenvalue weighted by Gasteiger charge is -2.35. The molecule has 2 fully saturated rings. The number of rotatable bonds is 2. The van der Waals surface area contributed by atoms with Gasteiger partial charge in [0.1, 0.15) is 11.4 Å². The number of amides is 2. The molecule has 2 amide bonds. The Bertz CT molecular complexity index is 353. The van der Waals surface area contributed by atoms with Gasteiger partial charge in [0.2, 0.25) is 0 Å². The van der Waals surface area contributed by atoms with Crippen LogP contribution in [0.25, 0.3) is 0 Å². The Labute approximate surface area is 110 Å². The van der Waals surface area contributed by atoms with Crippen LogP contribution >= 0.6 is 0 Å². The standard InChI is InChI=1S/C14H25N3O/c1-4-17-13(18)16-12(15)14(17)8-5-6-11(7-9-14)10(2)3/h10-11H,4-9H2,1-3H3,(H2,15,16,18). The summed E-state index contributed by atoms with van der Waals surface area (Å²) in [6, 6.07) is -0.0782. The van der Waals surface area contributed by atoms with Gasteiger partial charge in [0.05, 0.1) is 0 Å².